The van der Waals surface area contributed by atoms with Crippen LogP contribution < -0.4 is 0 Å². The summed E-state index contributed by atoms with van der Waals surface area (Å²) >= 11 is 0. The monoisotopic (exact) mass is 375 g/mol. The topological polar surface area (TPSA) is 122 Å². The van der Waals surface area contributed by atoms with Crippen molar-refractivity contribution in [3.8, 4) is 0 Å². The molecule has 3 rings (SSSR count). The van der Waals surface area contributed by atoms with E-state index in [2.05, 4.69) is 0 Å². The molecule has 1 aliphatic heterocycles. The van der Waals surface area contributed by atoms with Crippen molar-refractivity contribution in [2.24, 2.45) is 0 Å². The molecule has 0 aromatic heterocycles. The fraction of sp³-hybridized carbons (Fsp3) is 0.368. The molecule has 2 unspecified atom stereocenters. The summed E-state index contributed by atoms with van der Waals surface area (Å²) in [7, 11) is 0. The fourth-order valence-corrected chi connectivity index (χ4v) is 3.24. The highest BCUT2D eigenvalue weighted by Crippen LogP contribution is 2.33. The molecule has 27 heavy (non-hydrogen) atoms. The van der Waals surface area contributed by atoms with Crippen molar-refractivity contribution in [1.82, 2.24) is 0 Å². The molecular weight excluding hydrogens is 354 g/mol. The number of aliphatic hydroxyl groups excluding tert-OH is 3. The Hall–Kier alpha value is -2.36. The van der Waals surface area contributed by atoms with E-state index < -0.39 is 48.3 Å². The lowest BCUT2D eigenvalue weighted by Crippen LogP contribution is -2.62. The lowest BCUT2D eigenvalue weighted by molar-refractivity contribution is -0.567. The van der Waals surface area contributed by atoms with Gasteiger partial charge in [0.1, 0.15) is 12.2 Å². The highest BCUT2D eigenvalue weighted by atomic mass is 16.7. The smallest absolute Gasteiger partial charge is 0.271 e. The number of aliphatic hydroxyl groups is 3. The van der Waals surface area contributed by atoms with Crippen molar-refractivity contribution in [3.63, 3.8) is 0 Å². The van der Waals surface area contributed by atoms with Gasteiger partial charge in [-0.15, -0.1) is 0 Å². The first-order chi connectivity index (χ1) is 13.0. The van der Waals surface area contributed by atoms with E-state index in [4.69, 9.17) is 9.47 Å². The van der Waals surface area contributed by atoms with Crippen molar-refractivity contribution in [2.45, 2.75) is 36.7 Å². The highest BCUT2D eigenvalue weighted by Gasteiger charge is 2.53. The fourth-order valence-electron chi connectivity index (χ4n) is 3.24. The molecule has 0 saturated carbocycles. The minimum absolute atomic E-state index is 0.602. The molecule has 2 aromatic rings. The van der Waals surface area contributed by atoms with Crippen molar-refractivity contribution in [2.75, 3.05) is 6.61 Å². The molecule has 8 nitrogen and oxygen atoms in total. The van der Waals surface area contributed by atoms with Crippen LogP contribution in [-0.4, -0.2) is 57.5 Å². The van der Waals surface area contributed by atoms with Crippen LogP contribution in [0.2, 0.25) is 0 Å². The highest BCUT2D eigenvalue weighted by molar-refractivity contribution is 5.30. The molecule has 1 saturated heterocycles. The van der Waals surface area contributed by atoms with Gasteiger partial charge >= 0.3 is 0 Å². The standard InChI is InChI=1S/C19H21NO7/c21-11-14-18(15(20(24)25)16(22)19(23)26-14)27-17(12-7-3-1-4-8-12)13-9-5-2-6-10-13/h1-10,14-19,21-23H,11H2/t14-,15?,16?,18+,19+/m1/s1. The maximum atomic E-state index is 11.6. The second kappa shape index (κ2) is 8.55. The minimum Gasteiger partial charge on any atom is -0.394 e. The van der Waals surface area contributed by atoms with Gasteiger partial charge in [0.25, 0.3) is 6.04 Å². The molecule has 5 atom stereocenters. The summed E-state index contributed by atoms with van der Waals surface area (Å²) in [5.41, 5.74) is 1.51. The molecule has 1 aliphatic rings. The van der Waals surface area contributed by atoms with Gasteiger partial charge in [0.05, 0.1) is 6.61 Å². The van der Waals surface area contributed by atoms with Crippen LogP contribution in [0.5, 0.6) is 0 Å². The maximum Gasteiger partial charge on any atom is 0.271 e. The van der Waals surface area contributed by atoms with Crippen molar-refractivity contribution >= 4 is 0 Å². The largest absolute Gasteiger partial charge is 0.394 e. The van der Waals surface area contributed by atoms with Crippen LogP contribution in [0.3, 0.4) is 0 Å². The molecule has 0 spiro atoms. The van der Waals surface area contributed by atoms with E-state index in [0.717, 1.165) is 11.1 Å². The lowest BCUT2D eigenvalue weighted by Gasteiger charge is -2.39. The quantitative estimate of drug-likeness (QED) is 0.506. The first-order valence-corrected chi connectivity index (χ1v) is 8.54. The van der Waals surface area contributed by atoms with Crippen LogP contribution in [-0.2, 0) is 9.47 Å². The van der Waals surface area contributed by atoms with Crippen molar-refractivity contribution in [1.29, 1.82) is 0 Å². The van der Waals surface area contributed by atoms with Crippen LogP contribution in [0, 0.1) is 10.1 Å². The third-order valence-corrected chi connectivity index (χ3v) is 4.58. The SMILES string of the molecule is O=[N+]([O-])C1C(O)[C@@H](O)O[C@H](CO)[C@@H]1OC(c1ccccc1)c1ccccc1. The van der Waals surface area contributed by atoms with Gasteiger partial charge in [-0.1, -0.05) is 60.7 Å². The zero-order valence-corrected chi connectivity index (χ0v) is 14.4. The Balaban J connectivity index is 1.98. The molecule has 0 bridgehead atoms. The Bertz CT molecular complexity index is 703. The summed E-state index contributed by atoms with van der Waals surface area (Å²) in [6.07, 6.45) is -6.66. The number of benzene rings is 2. The summed E-state index contributed by atoms with van der Waals surface area (Å²) in [5, 5.41) is 41.0. The third kappa shape index (κ3) is 4.15. The normalized spacial score (nSPS) is 28.2. The molecule has 0 amide bonds. The summed E-state index contributed by atoms with van der Waals surface area (Å²) in [6, 6.07) is 16.6. The molecule has 2 aromatic carbocycles. The number of nitro groups is 1. The summed E-state index contributed by atoms with van der Waals surface area (Å²) < 4.78 is 11.2. The predicted molar refractivity (Wildman–Crippen MR) is 94.4 cm³/mol. The summed E-state index contributed by atoms with van der Waals surface area (Å²) in [6.45, 7) is -0.602. The first-order valence-electron chi connectivity index (χ1n) is 8.54. The van der Waals surface area contributed by atoms with Crippen LogP contribution in [0.1, 0.15) is 17.2 Å². The number of nitrogens with zero attached hydrogens (tertiary/aromatic N) is 1. The van der Waals surface area contributed by atoms with E-state index in [-0.39, 0.29) is 0 Å². The molecule has 1 heterocycles. The molecule has 0 aliphatic carbocycles. The molecule has 0 radical (unpaired) electrons. The van der Waals surface area contributed by atoms with E-state index >= 15 is 0 Å². The van der Waals surface area contributed by atoms with Gasteiger partial charge in [-0.3, -0.25) is 10.1 Å². The minimum atomic E-state index is -1.78. The second-order valence-electron chi connectivity index (χ2n) is 6.32. The molecule has 144 valence electrons. The van der Waals surface area contributed by atoms with Gasteiger partial charge in [0.15, 0.2) is 18.5 Å². The van der Waals surface area contributed by atoms with Gasteiger partial charge in [-0.25, -0.2) is 0 Å². The predicted octanol–water partition coefficient (Wildman–Crippen LogP) is 0.877. The summed E-state index contributed by atoms with van der Waals surface area (Å²) in [5.74, 6) is 0. The molecule has 3 N–H and O–H groups in total. The zero-order chi connectivity index (χ0) is 19.4. The van der Waals surface area contributed by atoms with Crippen molar-refractivity contribution in [3.05, 3.63) is 81.9 Å². The zero-order valence-electron chi connectivity index (χ0n) is 14.4. The average Bonchev–Trinajstić information content (AvgIpc) is 2.69. The average molecular weight is 375 g/mol. The Kier molecular flexibility index (Phi) is 6.15. The second-order valence-corrected chi connectivity index (χ2v) is 6.32. The van der Waals surface area contributed by atoms with E-state index in [1.54, 1.807) is 0 Å². The van der Waals surface area contributed by atoms with Gasteiger partial charge in [-0.2, -0.15) is 0 Å². The number of ether oxygens (including phenoxy) is 2. The van der Waals surface area contributed by atoms with Crippen LogP contribution >= 0.6 is 0 Å². The first kappa shape index (κ1) is 19.4. The Labute approximate surface area is 155 Å². The van der Waals surface area contributed by atoms with Crippen LogP contribution in [0.15, 0.2) is 60.7 Å². The van der Waals surface area contributed by atoms with Gasteiger partial charge in [-0.05, 0) is 11.1 Å². The van der Waals surface area contributed by atoms with Crippen molar-refractivity contribution < 1.29 is 29.7 Å². The van der Waals surface area contributed by atoms with Crippen LogP contribution in [0.25, 0.3) is 0 Å². The van der Waals surface area contributed by atoms with E-state index in [0.29, 0.717) is 0 Å². The van der Waals surface area contributed by atoms with Gasteiger partial charge in [0.2, 0.25) is 0 Å². The summed E-state index contributed by atoms with van der Waals surface area (Å²) in [4.78, 5) is 10.8. The van der Waals surface area contributed by atoms with E-state index in [9.17, 15) is 25.4 Å². The Morgan fingerprint density at radius 2 is 1.56 bits per heavy atom. The number of hydrogen-bond acceptors (Lipinski definition) is 7. The van der Waals surface area contributed by atoms with E-state index in [1.807, 2.05) is 60.7 Å². The third-order valence-electron chi connectivity index (χ3n) is 4.58. The van der Waals surface area contributed by atoms with Gasteiger partial charge < -0.3 is 24.8 Å². The van der Waals surface area contributed by atoms with Crippen LogP contribution in [0.4, 0.5) is 0 Å². The molecular formula is C19H21NO7. The lowest BCUT2D eigenvalue weighted by atomic mass is 9.95. The Morgan fingerprint density at radius 3 is 2.00 bits per heavy atom. The number of hydrogen-bond donors (Lipinski definition) is 3. The number of rotatable bonds is 6. The maximum absolute atomic E-state index is 11.6. The molecule has 1 fully saturated rings. The molecule has 8 heteroatoms. The van der Waals surface area contributed by atoms with E-state index in [1.165, 1.54) is 0 Å². The Morgan fingerprint density at radius 1 is 1.04 bits per heavy atom. The van der Waals surface area contributed by atoms with Gasteiger partial charge in [0, 0.05) is 4.92 Å².